The molecule has 52 heavy (non-hydrogen) atoms. The summed E-state index contributed by atoms with van der Waals surface area (Å²) in [6.45, 7) is 16.2. The summed E-state index contributed by atoms with van der Waals surface area (Å²) >= 11 is 43.5. The van der Waals surface area contributed by atoms with Crippen molar-refractivity contribution < 1.29 is 51.9 Å². The first-order valence-electron chi connectivity index (χ1n) is 16.5. The van der Waals surface area contributed by atoms with E-state index in [4.69, 9.17) is 109 Å². The van der Waals surface area contributed by atoms with Crippen LogP contribution in [0.4, 0.5) is 0 Å². The Kier molecular flexibility index (Phi) is 31.1. The SMILES string of the molecule is CCO.CCO[Si](OCC)(OCC)[Si](OCC)(OCC)OCC.Cl[Si](Cl)(Cl)c1ccccc1.Cl[Si](Cl)(c1ccccc1)[Si](Cl)(Cl)c1ccccc1.[H-].[Li+]. The van der Waals surface area contributed by atoms with Gasteiger partial charge in [-0.2, -0.15) is 0 Å². The van der Waals surface area contributed by atoms with Gasteiger partial charge in [0.25, 0.3) is 0 Å². The van der Waals surface area contributed by atoms with Gasteiger partial charge in [-0.05, 0) is 64.0 Å². The predicted molar refractivity (Wildman–Crippen MR) is 232 cm³/mol. The second-order valence-corrected chi connectivity index (χ2v) is 45.5. The Bertz CT molecular complexity index is 1190. The van der Waals surface area contributed by atoms with Crippen molar-refractivity contribution in [2.45, 2.75) is 48.5 Å². The number of aliphatic hydroxyl groups is 1. The quantitative estimate of drug-likeness (QED) is 0.141. The van der Waals surface area contributed by atoms with Gasteiger partial charge in [-0.1, -0.05) is 91.0 Å². The monoisotopic (exact) mass is 940 g/mol. The molecule has 292 valence electrons. The summed E-state index contributed by atoms with van der Waals surface area (Å²) in [7, 11) is -6.33. The number of hydrogen-bond donors (Lipinski definition) is 1. The number of rotatable bonds is 17. The molecule has 0 radical (unpaired) electrons. The van der Waals surface area contributed by atoms with Gasteiger partial charge in [0.05, 0.1) is 0 Å². The van der Waals surface area contributed by atoms with Crippen molar-refractivity contribution in [2.24, 2.45) is 0 Å². The van der Waals surface area contributed by atoms with Gasteiger partial charge in [0, 0.05) is 46.2 Å². The van der Waals surface area contributed by atoms with Crippen LogP contribution in [0.15, 0.2) is 91.0 Å². The number of benzene rings is 3. The molecule has 1 N–H and O–H groups in total. The summed E-state index contributed by atoms with van der Waals surface area (Å²) in [5.41, 5.74) is 0. The number of halogens is 7. The van der Waals surface area contributed by atoms with Gasteiger partial charge in [-0.25, -0.2) is 0 Å². The zero-order chi connectivity index (χ0) is 39.0. The van der Waals surface area contributed by atoms with E-state index in [-0.39, 0.29) is 26.9 Å². The third kappa shape index (κ3) is 17.7. The van der Waals surface area contributed by atoms with E-state index < -0.39 is 35.1 Å². The smallest absolute Gasteiger partial charge is 1.00 e. The zero-order valence-electron chi connectivity index (χ0n) is 32.2. The van der Waals surface area contributed by atoms with Gasteiger partial charge in [0.15, 0.2) is 0 Å². The van der Waals surface area contributed by atoms with Crippen LogP contribution < -0.4 is 34.4 Å². The molecule has 0 aliphatic heterocycles. The second-order valence-electron chi connectivity index (χ2n) is 9.77. The van der Waals surface area contributed by atoms with Crippen LogP contribution in [0, 0.1) is 0 Å². The van der Waals surface area contributed by atoms with E-state index in [2.05, 4.69) is 0 Å². The third-order valence-electron chi connectivity index (χ3n) is 6.15. The van der Waals surface area contributed by atoms with E-state index in [9.17, 15) is 0 Å². The van der Waals surface area contributed by atoms with Gasteiger partial charge >= 0.3 is 53.9 Å². The van der Waals surface area contributed by atoms with Crippen molar-refractivity contribution in [2.75, 3.05) is 46.2 Å². The molecule has 0 spiro atoms. The van der Waals surface area contributed by atoms with E-state index >= 15 is 0 Å². The Hall–Kier alpha value is 1.09. The molecule has 0 bridgehead atoms. The molecule has 20 heteroatoms. The first kappa shape index (κ1) is 55.2. The largest absolute Gasteiger partial charge is 1.00 e. The van der Waals surface area contributed by atoms with Crippen LogP contribution in [0.5, 0.6) is 0 Å². The van der Waals surface area contributed by atoms with Crippen molar-refractivity contribution in [1.82, 2.24) is 0 Å². The van der Waals surface area contributed by atoms with Crippen LogP contribution in [0.2, 0.25) is 0 Å². The number of aliphatic hydroxyl groups excluding tert-OH is 1. The average molecular weight is 944 g/mol. The Morgan fingerprint density at radius 3 is 0.769 bits per heavy atom. The summed E-state index contributed by atoms with van der Waals surface area (Å²) in [4.78, 5) is 0. The molecule has 3 rings (SSSR count). The Labute approximate surface area is 362 Å². The standard InChI is InChI=1S/C12H10Cl4Si2.C12H30O6Si2.C6H5Cl3Si.C2H6O.Li.H/c13-17(14,11-7-3-1-4-8-11)18(15,16)12-9-5-2-6-10-12;1-7-13-19(14-8-2,15-9-3)20(16-10-4,17-11-5)18-12-6;7-10(8,9)6-4-2-1-3-5-6;1-2-3;;/h1-10H;7-12H2,1-6H3;1-5H;3H,2H2,1H3;;/q;;;;+1;-1. The van der Waals surface area contributed by atoms with E-state index in [1.807, 2.05) is 133 Å². The van der Waals surface area contributed by atoms with Crippen molar-refractivity contribution >= 4 is 128 Å². The normalized spacial score (nSPS) is 11.8. The van der Waals surface area contributed by atoms with Crippen LogP contribution in [0.25, 0.3) is 0 Å². The fourth-order valence-corrected chi connectivity index (χ4v) is 26.1. The molecule has 0 atom stereocenters. The maximum atomic E-state index is 7.57. The molecule has 0 amide bonds. The van der Waals surface area contributed by atoms with E-state index in [0.29, 0.717) is 39.6 Å². The van der Waals surface area contributed by atoms with Crippen molar-refractivity contribution in [3.05, 3.63) is 91.0 Å². The predicted octanol–water partition coefficient (Wildman–Crippen LogP) is 5.54. The minimum absolute atomic E-state index is 0. The van der Waals surface area contributed by atoms with Gasteiger partial charge in [0.1, 0.15) is 0 Å². The fraction of sp³-hybridized carbons (Fsp3) is 0.438. The summed E-state index contributed by atoms with van der Waals surface area (Å²) in [6.07, 6.45) is -5.87. The minimum Gasteiger partial charge on any atom is -1.00 e. The van der Waals surface area contributed by atoms with Crippen LogP contribution in [0.3, 0.4) is 0 Å². The molecule has 0 unspecified atom stereocenters. The topological polar surface area (TPSA) is 75.6 Å². The molecule has 0 heterocycles. The fourth-order valence-electron chi connectivity index (χ4n) is 4.21. The van der Waals surface area contributed by atoms with Crippen molar-refractivity contribution in [3.8, 4) is 0 Å². The van der Waals surface area contributed by atoms with Crippen molar-refractivity contribution in [3.63, 3.8) is 0 Å². The van der Waals surface area contributed by atoms with E-state index in [0.717, 1.165) is 15.6 Å². The molecule has 3 aromatic carbocycles. The zero-order valence-corrected chi connectivity index (χ0v) is 41.4. The van der Waals surface area contributed by atoms with Gasteiger partial charge in [-0.15, -0.1) is 77.6 Å². The van der Waals surface area contributed by atoms with Crippen LogP contribution in [0.1, 0.15) is 49.9 Å². The van der Waals surface area contributed by atoms with Crippen LogP contribution in [-0.2, 0) is 26.6 Å². The summed E-state index contributed by atoms with van der Waals surface area (Å²) in [5, 5.41) is 10.1. The summed E-state index contributed by atoms with van der Waals surface area (Å²) in [5.74, 6) is 0. The molecule has 0 aromatic heterocycles. The molecule has 0 saturated carbocycles. The van der Waals surface area contributed by atoms with Crippen LogP contribution >= 0.6 is 77.6 Å². The Morgan fingerprint density at radius 1 is 0.423 bits per heavy atom. The Morgan fingerprint density at radius 2 is 0.615 bits per heavy atom. The molecule has 7 nitrogen and oxygen atoms in total. The van der Waals surface area contributed by atoms with Gasteiger partial charge in [0.2, 0.25) is 0 Å². The molecule has 0 fully saturated rings. The van der Waals surface area contributed by atoms with Crippen LogP contribution in [-0.4, -0.2) is 86.4 Å². The molecule has 3 aromatic rings. The minimum atomic E-state index is -3.17. The molecule has 0 saturated heterocycles. The maximum absolute atomic E-state index is 7.57. The molecule has 0 aliphatic carbocycles. The molecular formula is C32H52Cl7LiO7Si5. The second kappa shape index (κ2) is 29.3. The first-order chi connectivity index (χ1) is 24.1. The first-order valence-corrected chi connectivity index (χ1v) is 35.1. The molecular weight excluding hydrogens is 892 g/mol. The van der Waals surface area contributed by atoms with Gasteiger partial charge < -0.3 is 33.1 Å². The van der Waals surface area contributed by atoms with E-state index in [1.165, 1.54) is 0 Å². The summed E-state index contributed by atoms with van der Waals surface area (Å²) in [6, 6.07) is 25.6. The third-order valence-corrected chi connectivity index (χ3v) is 42.0. The molecule has 0 aliphatic rings. The van der Waals surface area contributed by atoms with Gasteiger partial charge in [-0.3, -0.25) is 0 Å². The number of hydrogen-bond acceptors (Lipinski definition) is 7. The van der Waals surface area contributed by atoms with Crippen molar-refractivity contribution in [1.29, 1.82) is 0 Å². The maximum Gasteiger partial charge on any atom is 1.00 e. The van der Waals surface area contributed by atoms with E-state index in [1.54, 1.807) is 6.92 Å². The average Bonchev–Trinajstić information content (AvgIpc) is 3.10. The summed E-state index contributed by atoms with van der Waals surface area (Å²) < 4.78 is 35.5. The Balaban J connectivity index is -0.000000696.